The Morgan fingerprint density at radius 2 is 2.50 bits per heavy atom. The van der Waals surface area contributed by atoms with Gasteiger partial charge in [0.25, 0.3) is 0 Å². The Morgan fingerprint density at radius 1 is 1.80 bits per heavy atom. The van der Waals surface area contributed by atoms with E-state index in [-0.39, 0.29) is 0 Å². The molecule has 0 rings (SSSR count). The lowest BCUT2D eigenvalue weighted by Gasteiger charge is -1.95. The zero-order valence-corrected chi connectivity index (χ0v) is 5.76. The van der Waals surface area contributed by atoms with Gasteiger partial charge in [-0.2, -0.15) is 0 Å². The van der Waals surface area contributed by atoms with Gasteiger partial charge in [0.15, 0.2) is 0 Å². The van der Waals surface area contributed by atoms with Crippen LogP contribution >= 0.6 is 0 Å². The molecule has 0 aliphatic heterocycles. The van der Waals surface area contributed by atoms with Gasteiger partial charge >= 0.3 is 6.09 Å². The number of rotatable bonds is 4. The van der Waals surface area contributed by atoms with Crippen molar-refractivity contribution < 1.29 is 9.90 Å². The molecule has 0 bridgehead atoms. The first-order valence-corrected chi connectivity index (χ1v) is 3.08. The molecule has 0 spiro atoms. The van der Waals surface area contributed by atoms with Crippen LogP contribution < -0.4 is 5.32 Å². The van der Waals surface area contributed by atoms with Crippen LogP contribution in [0.2, 0.25) is 0 Å². The van der Waals surface area contributed by atoms with Gasteiger partial charge in [-0.15, -0.1) is 5.73 Å². The first-order chi connectivity index (χ1) is 4.77. The molecule has 3 nitrogen and oxygen atoms in total. The predicted molar refractivity (Wildman–Crippen MR) is 39.0 cm³/mol. The third kappa shape index (κ3) is 6.79. The summed E-state index contributed by atoms with van der Waals surface area (Å²) in [5.74, 6) is 0. The van der Waals surface area contributed by atoms with Crippen LogP contribution in [0.4, 0.5) is 4.79 Å². The maximum Gasteiger partial charge on any atom is 0.404 e. The highest BCUT2D eigenvalue weighted by Gasteiger charge is 1.89. The van der Waals surface area contributed by atoms with Crippen molar-refractivity contribution in [3.05, 3.63) is 18.4 Å². The van der Waals surface area contributed by atoms with E-state index < -0.39 is 6.09 Å². The average Bonchev–Trinajstić information content (AvgIpc) is 1.87. The van der Waals surface area contributed by atoms with Gasteiger partial charge in [-0.3, -0.25) is 0 Å². The first kappa shape index (κ1) is 8.79. The van der Waals surface area contributed by atoms with E-state index in [2.05, 4.69) is 17.6 Å². The maximum atomic E-state index is 9.88. The molecule has 0 fully saturated rings. The Balaban J connectivity index is 3.05. The summed E-state index contributed by atoms with van der Waals surface area (Å²) in [6, 6.07) is 0. The average molecular weight is 141 g/mol. The summed E-state index contributed by atoms with van der Waals surface area (Å²) in [5.41, 5.74) is 2.61. The Labute approximate surface area is 60.1 Å². The monoisotopic (exact) mass is 141 g/mol. The molecule has 0 saturated heterocycles. The normalized spacial score (nSPS) is 8.00. The zero-order chi connectivity index (χ0) is 7.82. The van der Waals surface area contributed by atoms with E-state index in [1.165, 1.54) is 0 Å². The van der Waals surface area contributed by atoms with Crippen LogP contribution in [0.5, 0.6) is 0 Å². The highest BCUT2D eigenvalue weighted by Crippen LogP contribution is 1.86. The highest BCUT2D eigenvalue weighted by atomic mass is 16.4. The van der Waals surface area contributed by atoms with Crippen LogP contribution in [-0.4, -0.2) is 17.7 Å². The maximum absolute atomic E-state index is 9.88. The van der Waals surface area contributed by atoms with E-state index in [0.29, 0.717) is 6.54 Å². The van der Waals surface area contributed by atoms with E-state index >= 15 is 0 Å². The molecule has 0 atom stereocenters. The number of hydrogen-bond acceptors (Lipinski definition) is 1. The summed E-state index contributed by atoms with van der Waals surface area (Å²) in [6.07, 6.45) is 2.44. The molecule has 0 radical (unpaired) electrons. The second-order valence-electron chi connectivity index (χ2n) is 1.78. The Bertz CT molecular complexity index is 144. The molecular formula is C7H11NO2. The lowest BCUT2D eigenvalue weighted by atomic mass is 10.3. The lowest BCUT2D eigenvalue weighted by Crippen LogP contribution is -2.21. The lowest BCUT2D eigenvalue weighted by molar-refractivity contribution is 0.194. The van der Waals surface area contributed by atoms with Crippen molar-refractivity contribution in [2.24, 2.45) is 0 Å². The third-order valence-electron chi connectivity index (χ3n) is 0.946. The topological polar surface area (TPSA) is 49.3 Å². The van der Waals surface area contributed by atoms with Gasteiger partial charge in [-0.05, 0) is 18.9 Å². The van der Waals surface area contributed by atoms with Gasteiger partial charge < -0.3 is 10.4 Å². The third-order valence-corrected chi connectivity index (χ3v) is 0.946. The van der Waals surface area contributed by atoms with Crippen LogP contribution in [0, 0.1) is 0 Å². The summed E-state index contributed by atoms with van der Waals surface area (Å²) in [4.78, 5) is 9.88. The number of nitrogens with one attached hydrogen (secondary N) is 1. The minimum atomic E-state index is -0.970. The molecule has 0 aliphatic rings. The second kappa shape index (κ2) is 5.92. The van der Waals surface area contributed by atoms with Crippen molar-refractivity contribution in [2.75, 3.05) is 6.54 Å². The smallest absolute Gasteiger partial charge is 0.404 e. The van der Waals surface area contributed by atoms with Crippen molar-refractivity contribution in [2.45, 2.75) is 12.8 Å². The molecule has 3 heteroatoms. The molecule has 0 unspecified atom stereocenters. The molecule has 2 N–H and O–H groups in total. The van der Waals surface area contributed by atoms with Gasteiger partial charge in [0.1, 0.15) is 0 Å². The largest absolute Gasteiger partial charge is 0.465 e. The molecule has 0 aliphatic carbocycles. The fourth-order valence-electron chi connectivity index (χ4n) is 0.502. The number of allylic oxidation sites excluding steroid dienone is 1. The van der Waals surface area contributed by atoms with Crippen molar-refractivity contribution in [1.29, 1.82) is 0 Å². The molecule has 56 valence electrons. The van der Waals surface area contributed by atoms with Gasteiger partial charge in [0.2, 0.25) is 0 Å². The molecule has 10 heavy (non-hydrogen) atoms. The molecular weight excluding hydrogens is 130 g/mol. The number of carboxylic acid groups (broad SMARTS) is 1. The highest BCUT2D eigenvalue weighted by molar-refractivity contribution is 5.64. The minimum absolute atomic E-state index is 0.494. The van der Waals surface area contributed by atoms with Crippen LogP contribution in [0.15, 0.2) is 18.4 Å². The zero-order valence-electron chi connectivity index (χ0n) is 5.76. The van der Waals surface area contributed by atoms with Crippen molar-refractivity contribution in [1.82, 2.24) is 5.32 Å². The molecule has 0 aromatic carbocycles. The standard InChI is InChI=1S/C7H11NO2/c1-2-3-4-5-6-8-7(9)10/h3,8H,1,4-6H2,(H,9,10). The van der Waals surface area contributed by atoms with E-state index in [1.54, 1.807) is 6.08 Å². The summed E-state index contributed by atoms with van der Waals surface area (Å²) < 4.78 is 0. The molecule has 0 aromatic heterocycles. The fraction of sp³-hybridized carbons (Fsp3) is 0.429. The van der Waals surface area contributed by atoms with Crippen LogP contribution in [0.25, 0.3) is 0 Å². The van der Waals surface area contributed by atoms with Gasteiger partial charge in [0, 0.05) is 6.54 Å². The van der Waals surface area contributed by atoms with Crippen LogP contribution in [-0.2, 0) is 0 Å². The van der Waals surface area contributed by atoms with Crippen molar-refractivity contribution in [3.63, 3.8) is 0 Å². The predicted octanol–water partition coefficient (Wildman–Crippen LogP) is 1.38. The van der Waals surface area contributed by atoms with E-state index in [1.807, 2.05) is 0 Å². The van der Waals surface area contributed by atoms with Gasteiger partial charge in [0.05, 0.1) is 0 Å². The van der Waals surface area contributed by atoms with Crippen LogP contribution in [0.1, 0.15) is 12.8 Å². The number of carbonyl (C=O) groups is 1. The molecule has 0 heterocycles. The summed E-state index contributed by atoms with van der Waals surface area (Å²) in [6.45, 7) is 3.87. The molecule has 0 saturated carbocycles. The Hall–Kier alpha value is -1.21. The minimum Gasteiger partial charge on any atom is -0.465 e. The van der Waals surface area contributed by atoms with Gasteiger partial charge in [-0.25, -0.2) is 4.79 Å². The quantitative estimate of drug-likeness (QED) is 0.459. The van der Waals surface area contributed by atoms with E-state index in [9.17, 15) is 4.79 Å². The van der Waals surface area contributed by atoms with E-state index in [0.717, 1.165) is 12.8 Å². The molecule has 0 aromatic rings. The van der Waals surface area contributed by atoms with Crippen molar-refractivity contribution >= 4 is 6.09 Å². The number of unbranched alkanes of at least 4 members (excludes halogenated alkanes) is 1. The SMILES string of the molecule is C=C=CCCCNC(=O)O. The number of hydrogen-bond donors (Lipinski definition) is 2. The first-order valence-electron chi connectivity index (χ1n) is 3.08. The second-order valence-corrected chi connectivity index (χ2v) is 1.78. The fourth-order valence-corrected chi connectivity index (χ4v) is 0.502. The Morgan fingerprint density at radius 3 is 3.00 bits per heavy atom. The summed E-state index contributed by atoms with van der Waals surface area (Å²) >= 11 is 0. The molecule has 1 amide bonds. The van der Waals surface area contributed by atoms with Crippen LogP contribution in [0.3, 0.4) is 0 Å². The van der Waals surface area contributed by atoms with Gasteiger partial charge in [-0.1, -0.05) is 6.58 Å². The van der Waals surface area contributed by atoms with Crippen molar-refractivity contribution in [3.8, 4) is 0 Å². The number of amides is 1. The van der Waals surface area contributed by atoms with E-state index in [4.69, 9.17) is 5.11 Å². The summed E-state index contributed by atoms with van der Waals surface area (Å²) in [7, 11) is 0. The summed E-state index contributed by atoms with van der Waals surface area (Å²) in [5, 5.41) is 10.4. The Kier molecular flexibility index (Phi) is 5.20.